The van der Waals surface area contributed by atoms with Gasteiger partial charge in [-0.25, -0.2) is 5.43 Å². The lowest BCUT2D eigenvalue weighted by molar-refractivity contribution is -0.126. The summed E-state index contributed by atoms with van der Waals surface area (Å²) in [6.45, 7) is 6.22. The minimum Gasteiger partial charge on any atom is -0.352 e. The number of halogens is 1. The average molecular weight is 443 g/mol. The van der Waals surface area contributed by atoms with Crippen LogP contribution in [0.4, 0.5) is 0 Å². The molecule has 0 heterocycles. The lowest BCUT2D eigenvalue weighted by Gasteiger charge is -2.28. The number of carbonyl (C=O) groups is 2. The van der Waals surface area contributed by atoms with Crippen molar-refractivity contribution in [1.82, 2.24) is 15.6 Å². The van der Waals surface area contributed by atoms with Crippen molar-refractivity contribution in [1.29, 1.82) is 0 Å². The molecule has 2 N–H and O–H groups in total. The number of benzene rings is 2. The maximum atomic E-state index is 12.7. The summed E-state index contributed by atoms with van der Waals surface area (Å²) in [7, 11) is 0. The van der Waals surface area contributed by atoms with Crippen molar-refractivity contribution >= 4 is 29.6 Å². The maximum absolute atomic E-state index is 12.7. The van der Waals surface area contributed by atoms with Gasteiger partial charge in [0.1, 0.15) is 0 Å². The minimum atomic E-state index is -0.262. The van der Waals surface area contributed by atoms with E-state index in [-0.39, 0.29) is 17.9 Å². The van der Waals surface area contributed by atoms with E-state index in [1.165, 1.54) is 0 Å². The molecule has 0 unspecified atom stereocenters. The van der Waals surface area contributed by atoms with Gasteiger partial charge in [0.15, 0.2) is 0 Å². The van der Waals surface area contributed by atoms with Gasteiger partial charge < -0.3 is 5.32 Å². The summed E-state index contributed by atoms with van der Waals surface area (Å²) in [5, 5.41) is 7.68. The quantitative estimate of drug-likeness (QED) is 0.295. The molecular formula is C24H31ClN4O2. The number of nitrogens with zero attached hydrogens (tertiary/aromatic N) is 2. The molecule has 0 aliphatic rings. The molecule has 0 fully saturated rings. The fourth-order valence-corrected chi connectivity index (χ4v) is 3.42. The lowest BCUT2D eigenvalue weighted by Crippen LogP contribution is -2.45. The third kappa shape index (κ3) is 8.52. The first kappa shape index (κ1) is 24.6. The van der Waals surface area contributed by atoms with E-state index >= 15 is 0 Å². The van der Waals surface area contributed by atoms with E-state index in [2.05, 4.69) is 20.7 Å². The smallest absolute Gasteiger partial charge is 0.257 e. The Morgan fingerprint density at radius 1 is 1.03 bits per heavy atom. The summed E-state index contributed by atoms with van der Waals surface area (Å²) in [5.74, 6) is -0.197. The van der Waals surface area contributed by atoms with Crippen molar-refractivity contribution in [2.45, 2.75) is 39.2 Å². The SMILES string of the molecule is CCN(CC)[C@H](CCCCNC(=O)c1ccccc1)C(=O)N/N=C/c1ccc(Cl)cc1. The van der Waals surface area contributed by atoms with Crippen LogP contribution in [0.25, 0.3) is 0 Å². The third-order valence-corrected chi connectivity index (χ3v) is 5.29. The zero-order chi connectivity index (χ0) is 22.5. The van der Waals surface area contributed by atoms with Gasteiger partial charge in [0.05, 0.1) is 12.3 Å². The highest BCUT2D eigenvalue weighted by Crippen LogP contribution is 2.10. The number of hydrazone groups is 1. The Balaban J connectivity index is 1.81. The fourth-order valence-electron chi connectivity index (χ4n) is 3.29. The van der Waals surface area contributed by atoms with Crippen molar-refractivity contribution in [2.75, 3.05) is 19.6 Å². The van der Waals surface area contributed by atoms with Gasteiger partial charge in [-0.1, -0.05) is 55.8 Å². The molecule has 0 aliphatic carbocycles. The molecular weight excluding hydrogens is 412 g/mol. The van der Waals surface area contributed by atoms with E-state index in [4.69, 9.17) is 11.6 Å². The molecule has 0 radical (unpaired) electrons. The average Bonchev–Trinajstić information content (AvgIpc) is 2.80. The van der Waals surface area contributed by atoms with Crippen LogP contribution in [0.2, 0.25) is 5.02 Å². The van der Waals surface area contributed by atoms with E-state index in [0.717, 1.165) is 31.5 Å². The van der Waals surface area contributed by atoms with E-state index in [9.17, 15) is 9.59 Å². The second kappa shape index (κ2) is 13.6. The molecule has 166 valence electrons. The van der Waals surface area contributed by atoms with Gasteiger partial charge in [0.25, 0.3) is 11.8 Å². The zero-order valence-corrected chi connectivity index (χ0v) is 18.9. The van der Waals surface area contributed by atoms with Crippen LogP contribution in [-0.2, 0) is 4.79 Å². The lowest BCUT2D eigenvalue weighted by atomic mass is 10.1. The number of unbranched alkanes of at least 4 members (excludes halogenated alkanes) is 1. The predicted molar refractivity (Wildman–Crippen MR) is 127 cm³/mol. The van der Waals surface area contributed by atoms with Gasteiger partial charge in [0.2, 0.25) is 0 Å². The first-order chi connectivity index (χ1) is 15.0. The molecule has 31 heavy (non-hydrogen) atoms. The topological polar surface area (TPSA) is 73.8 Å². The minimum absolute atomic E-state index is 0.0739. The summed E-state index contributed by atoms with van der Waals surface area (Å²) in [6.07, 6.45) is 3.93. The summed E-state index contributed by atoms with van der Waals surface area (Å²) < 4.78 is 0. The van der Waals surface area contributed by atoms with Crippen molar-refractivity contribution in [3.63, 3.8) is 0 Å². The summed E-state index contributed by atoms with van der Waals surface area (Å²) >= 11 is 5.88. The highest BCUT2D eigenvalue weighted by atomic mass is 35.5. The van der Waals surface area contributed by atoms with Crippen LogP contribution in [0, 0.1) is 0 Å². The Morgan fingerprint density at radius 3 is 2.35 bits per heavy atom. The number of hydrogen-bond donors (Lipinski definition) is 2. The predicted octanol–water partition coefficient (Wildman–Crippen LogP) is 4.10. The third-order valence-electron chi connectivity index (χ3n) is 5.04. The summed E-state index contributed by atoms with van der Waals surface area (Å²) in [4.78, 5) is 27.0. The second-order valence-corrected chi connectivity index (χ2v) is 7.58. The van der Waals surface area contributed by atoms with E-state index in [1.54, 1.807) is 30.5 Å². The molecule has 2 amide bonds. The molecule has 0 aliphatic heterocycles. The molecule has 2 rings (SSSR count). The van der Waals surface area contributed by atoms with Gasteiger partial charge in [-0.3, -0.25) is 14.5 Å². The molecule has 2 aromatic carbocycles. The van der Waals surface area contributed by atoms with Gasteiger partial charge >= 0.3 is 0 Å². The number of carbonyl (C=O) groups excluding carboxylic acids is 2. The number of amides is 2. The molecule has 7 heteroatoms. The first-order valence-electron chi connectivity index (χ1n) is 10.7. The molecule has 2 aromatic rings. The number of nitrogens with one attached hydrogen (secondary N) is 2. The van der Waals surface area contributed by atoms with Crippen LogP contribution in [-0.4, -0.2) is 48.6 Å². The normalized spacial score (nSPS) is 12.1. The van der Waals surface area contributed by atoms with Crippen LogP contribution >= 0.6 is 11.6 Å². The number of rotatable bonds is 12. The Bertz CT molecular complexity index is 836. The molecule has 0 spiro atoms. The highest BCUT2D eigenvalue weighted by molar-refractivity contribution is 6.30. The van der Waals surface area contributed by atoms with Crippen LogP contribution < -0.4 is 10.7 Å². The molecule has 0 saturated carbocycles. The molecule has 0 saturated heterocycles. The largest absolute Gasteiger partial charge is 0.352 e. The fraction of sp³-hybridized carbons (Fsp3) is 0.375. The van der Waals surface area contributed by atoms with Crippen LogP contribution in [0.5, 0.6) is 0 Å². The Labute approximate surface area is 189 Å². The van der Waals surface area contributed by atoms with Crippen molar-refractivity contribution in [3.05, 3.63) is 70.7 Å². The van der Waals surface area contributed by atoms with Crippen molar-refractivity contribution in [3.8, 4) is 0 Å². The van der Waals surface area contributed by atoms with Crippen molar-refractivity contribution < 1.29 is 9.59 Å². The molecule has 0 bridgehead atoms. The molecule has 0 aromatic heterocycles. The van der Waals surface area contributed by atoms with Crippen LogP contribution in [0.1, 0.15) is 49.0 Å². The maximum Gasteiger partial charge on any atom is 0.257 e. The van der Waals surface area contributed by atoms with Crippen LogP contribution in [0.15, 0.2) is 59.7 Å². The van der Waals surface area contributed by atoms with Gasteiger partial charge in [0, 0.05) is 17.1 Å². The van der Waals surface area contributed by atoms with Gasteiger partial charge in [-0.2, -0.15) is 5.10 Å². The summed E-state index contributed by atoms with van der Waals surface area (Å²) in [6, 6.07) is 16.1. The van der Waals surface area contributed by atoms with E-state index in [1.807, 2.05) is 44.2 Å². The monoisotopic (exact) mass is 442 g/mol. The number of hydrogen-bond acceptors (Lipinski definition) is 4. The Kier molecular flexibility index (Phi) is 10.8. The summed E-state index contributed by atoms with van der Waals surface area (Å²) in [5.41, 5.74) is 4.18. The standard InChI is InChI=1S/C24H31ClN4O2/c1-3-29(4-2)22(24(31)28-27-18-19-13-15-21(25)16-14-19)12-8-9-17-26-23(30)20-10-6-5-7-11-20/h5-7,10-11,13-16,18,22H,3-4,8-9,12,17H2,1-2H3,(H,26,30)(H,28,31)/b27-18+/t22-/m1/s1. The van der Waals surface area contributed by atoms with E-state index in [0.29, 0.717) is 23.6 Å². The van der Waals surface area contributed by atoms with E-state index < -0.39 is 0 Å². The van der Waals surface area contributed by atoms with Crippen molar-refractivity contribution in [2.24, 2.45) is 5.10 Å². The second-order valence-electron chi connectivity index (χ2n) is 7.14. The Hall–Kier alpha value is -2.70. The molecule has 1 atom stereocenters. The zero-order valence-electron chi connectivity index (χ0n) is 18.2. The van der Waals surface area contributed by atoms with Gasteiger partial charge in [-0.15, -0.1) is 0 Å². The Morgan fingerprint density at radius 2 is 1.71 bits per heavy atom. The number of likely N-dealkylation sites (N-methyl/N-ethyl adjacent to an activating group) is 1. The van der Waals surface area contributed by atoms with Gasteiger partial charge in [-0.05, 0) is 62.2 Å². The highest BCUT2D eigenvalue weighted by Gasteiger charge is 2.23. The first-order valence-corrected chi connectivity index (χ1v) is 11.1. The molecule has 6 nitrogen and oxygen atoms in total. The van der Waals surface area contributed by atoms with Crippen LogP contribution in [0.3, 0.4) is 0 Å².